The van der Waals surface area contributed by atoms with Crippen molar-refractivity contribution in [1.82, 2.24) is 10.1 Å². The van der Waals surface area contributed by atoms with Gasteiger partial charge in [-0.15, -0.1) is 0 Å². The Kier molecular flexibility index (Phi) is 5.64. The molecule has 0 spiro atoms. The molecule has 1 N–H and O–H groups in total. The lowest BCUT2D eigenvalue weighted by Gasteiger charge is -2.36. The largest absolute Gasteiger partial charge is 0.386 e. The standard InChI is InChI=1S/C22H23ClN2O3/c23-27-19-13-11-16(12-14-19)15-20-24-21(25-28-20)22(26,17-7-3-1-4-8-17)18-9-5-2-6-10-18/h1,3-4,7-8,11-14,18,26H,2,5-6,9-10,15H2/t22-/m1/s1. The van der Waals surface area contributed by atoms with Gasteiger partial charge in [-0.1, -0.05) is 66.9 Å². The first-order chi connectivity index (χ1) is 13.7. The second-order valence-electron chi connectivity index (χ2n) is 7.38. The lowest BCUT2D eigenvalue weighted by molar-refractivity contribution is -0.0101. The van der Waals surface area contributed by atoms with Crippen molar-refractivity contribution in [2.24, 2.45) is 5.92 Å². The van der Waals surface area contributed by atoms with Crippen LogP contribution in [0, 0.1) is 5.92 Å². The predicted octanol–water partition coefficient (Wildman–Crippen LogP) is 5.01. The molecule has 1 atom stereocenters. The Morgan fingerprint density at radius 2 is 1.75 bits per heavy atom. The molecule has 4 rings (SSSR count). The Bertz CT molecular complexity index is 892. The predicted molar refractivity (Wildman–Crippen MR) is 106 cm³/mol. The molecule has 1 fully saturated rings. The minimum absolute atomic E-state index is 0.0780. The zero-order chi connectivity index (χ0) is 19.4. The minimum Gasteiger partial charge on any atom is -0.386 e. The summed E-state index contributed by atoms with van der Waals surface area (Å²) in [7, 11) is 0. The highest BCUT2D eigenvalue weighted by Crippen LogP contribution is 2.42. The molecule has 1 aliphatic carbocycles. The molecule has 0 unspecified atom stereocenters. The number of benzene rings is 2. The Balaban J connectivity index is 1.63. The molecule has 6 heteroatoms. The highest BCUT2D eigenvalue weighted by molar-refractivity contribution is 6.09. The van der Waals surface area contributed by atoms with Crippen molar-refractivity contribution in [2.75, 3.05) is 0 Å². The van der Waals surface area contributed by atoms with Crippen LogP contribution >= 0.6 is 11.9 Å². The maximum Gasteiger partial charge on any atom is 0.231 e. The minimum atomic E-state index is -1.24. The van der Waals surface area contributed by atoms with E-state index < -0.39 is 5.60 Å². The fourth-order valence-electron chi connectivity index (χ4n) is 4.07. The number of halogens is 1. The molecule has 1 aliphatic rings. The van der Waals surface area contributed by atoms with Crippen molar-refractivity contribution in [3.8, 4) is 5.75 Å². The molecule has 146 valence electrons. The van der Waals surface area contributed by atoms with Crippen LogP contribution in [-0.4, -0.2) is 15.2 Å². The number of nitrogens with zero attached hydrogens (tertiary/aromatic N) is 2. The summed E-state index contributed by atoms with van der Waals surface area (Å²) in [5.41, 5.74) is 0.575. The van der Waals surface area contributed by atoms with Crippen LogP contribution in [0.25, 0.3) is 0 Å². The Morgan fingerprint density at radius 3 is 2.43 bits per heavy atom. The molecule has 28 heavy (non-hydrogen) atoms. The van der Waals surface area contributed by atoms with Crippen molar-refractivity contribution in [1.29, 1.82) is 0 Å². The lowest BCUT2D eigenvalue weighted by atomic mass is 9.73. The van der Waals surface area contributed by atoms with Gasteiger partial charge in [0.1, 0.15) is 17.6 Å². The molecule has 1 saturated carbocycles. The average Bonchev–Trinajstić information content (AvgIpc) is 3.24. The van der Waals surface area contributed by atoms with Gasteiger partial charge in [-0.25, -0.2) is 0 Å². The van der Waals surface area contributed by atoms with E-state index in [0.29, 0.717) is 23.9 Å². The number of aromatic nitrogens is 2. The van der Waals surface area contributed by atoms with E-state index in [-0.39, 0.29) is 5.92 Å². The normalized spacial score (nSPS) is 17.2. The number of hydrogen-bond donors (Lipinski definition) is 1. The van der Waals surface area contributed by atoms with Crippen LogP contribution in [0.5, 0.6) is 5.75 Å². The molecule has 0 bridgehead atoms. The summed E-state index contributed by atoms with van der Waals surface area (Å²) in [6.45, 7) is 0. The molecule has 0 aliphatic heterocycles. The van der Waals surface area contributed by atoms with Crippen LogP contribution in [0.4, 0.5) is 0 Å². The fourth-order valence-corrected chi connectivity index (χ4v) is 4.18. The first kappa shape index (κ1) is 19.0. The van der Waals surface area contributed by atoms with Gasteiger partial charge >= 0.3 is 0 Å². The number of rotatable bonds is 6. The van der Waals surface area contributed by atoms with E-state index >= 15 is 0 Å². The molecule has 2 aromatic carbocycles. The van der Waals surface area contributed by atoms with E-state index in [2.05, 4.69) is 14.4 Å². The van der Waals surface area contributed by atoms with E-state index in [4.69, 9.17) is 16.4 Å². The van der Waals surface area contributed by atoms with Gasteiger partial charge in [0.2, 0.25) is 11.7 Å². The van der Waals surface area contributed by atoms with Crippen molar-refractivity contribution >= 4 is 11.9 Å². The number of aliphatic hydroxyl groups is 1. The summed E-state index contributed by atoms with van der Waals surface area (Å²) >= 11 is 5.36. The fraction of sp³-hybridized carbons (Fsp3) is 0.364. The van der Waals surface area contributed by atoms with Crippen LogP contribution < -0.4 is 4.29 Å². The highest BCUT2D eigenvalue weighted by atomic mass is 35.5. The van der Waals surface area contributed by atoms with Crippen molar-refractivity contribution in [2.45, 2.75) is 44.1 Å². The van der Waals surface area contributed by atoms with E-state index in [1.165, 1.54) is 6.42 Å². The molecule has 1 heterocycles. The highest BCUT2D eigenvalue weighted by Gasteiger charge is 2.44. The van der Waals surface area contributed by atoms with Crippen LogP contribution in [0.2, 0.25) is 0 Å². The van der Waals surface area contributed by atoms with E-state index in [9.17, 15) is 5.11 Å². The topological polar surface area (TPSA) is 68.4 Å². The van der Waals surface area contributed by atoms with Gasteiger partial charge in [0.25, 0.3) is 0 Å². The smallest absolute Gasteiger partial charge is 0.231 e. The molecule has 5 nitrogen and oxygen atoms in total. The third kappa shape index (κ3) is 3.77. The summed E-state index contributed by atoms with van der Waals surface area (Å²) < 4.78 is 10.2. The van der Waals surface area contributed by atoms with Gasteiger partial charge in [-0.3, -0.25) is 0 Å². The number of hydrogen-bond acceptors (Lipinski definition) is 5. The van der Waals surface area contributed by atoms with Crippen LogP contribution in [0.15, 0.2) is 59.1 Å². The molecule has 1 aromatic heterocycles. The van der Waals surface area contributed by atoms with Crippen molar-refractivity contribution in [3.05, 3.63) is 77.4 Å². The van der Waals surface area contributed by atoms with Crippen LogP contribution in [0.3, 0.4) is 0 Å². The zero-order valence-corrected chi connectivity index (χ0v) is 16.3. The van der Waals surface area contributed by atoms with Gasteiger partial charge in [0, 0.05) is 0 Å². The zero-order valence-electron chi connectivity index (χ0n) is 15.6. The van der Waals surface area contributed by atoms with Gasteiger partial charge < -0.3 is 13.9 Å². The molecule has 3 aromatic rings. The summed E-state index contributed by atoms with van der Waals surface area (Å²) in [4.78, 5) is 4.59. The van der Waals surface area contributed by atoms with Gasteiger partial charge in [0.15, 0.2) is 5.60 Å². The molecule has 0 saturated heterocycles. The van der Waals surface area contributed by atoms with Crippen molar-refractivity contribution < 1.29 is 13.9 Å². The van der Waals surface area contributed by atoms with E-state index in [0.717, 1.165) is 36.8 Å². The molecule has 0 radical (unpaired) electrons. The van der Waals surface area contributed by atoms with Gasteiger partial charge in [-0.05, 0) is 42.0 Å². The molecular weight excluding hydrogens is 376 g/mol. The van der Waals surface area contributed by atoms with Crippen molar-refractivity contribution in [3.63, 3.8) is 0 Å². The lowest BCUT2D eigenvalue weighted by Crippen LogP contribution is -2.38. The maximum atomic E-state index is 11.8. The summed E-state index contributed by atoms with van der Waals surface area (Å²) in [5.74, 6) is 1.47. The van der Waals surface area contributed by atoms with Gasteiger partial charge in [-0.2, -0.15) is 4.98 Å². The second-order valence-corrected chi connectivity index (χ2v) is 7.53. The molecule has 0 amide bonds. The first-order valence-corrected chi connectivity index (χ1v) is 9.99. The summed E-state index contributed by atoms with van der Waals surface area (Å²) in [6.07, 6.45) is 5.81. The SMILES string of the molecule is O[C@@](c1ccccc1)(c1noc(Cc2ccc(OCl)cc2)n1)C1CCCCC1. The quantitative estimate of drug-likeness (QED) is 0.632. The monoisotopic (exact) mass is 398 g/mol. The van der Waals surface area contributed by atoms with Crippen LogP contribution in [-0.2, 0) is 12.0 Å². The van der Waals surface area contributed by atoms with Gasteiger partial charge in [0.05, 0.1) is 6.42 Å². The van der Waals surface area contributed by atoms with E-state index in [1.54, 1.807) is 12.1 Å². The molecular formula is C22H23ClN2O3. The van der Waals surface area contributed by atoms with Crippen LogP contribution in [0.1, 0.15) is 54.9 Å². The third-order valence-corrected chi connectivity index (χ3v) is 5.76. The summed E-state index contributed by atoms with van der Waals surface area (Å²) in [6, 6.07) is 17.0. The third-order valence-electron chi connectivity index (χ3n) is 5.59. The second kappa shape index (κ2) is 8.33. The Hall–Kier alpha value is -2.37. The first-order valence-electron chi connectivity index (χ1n) is 9.68. The average molecular weight is 399 g/mol. The Morgan fingerprint density at radius 1 is 1.04 bits per heavy atom. The maximum absolute atomic E-state index is 11.8. The van der Waals surface area contributed by atoms with E-state index in [1.807, 2.05) is 42.5 Å². The summed E-state index contributed by atoms with van der Waals surface area (Å²) in [5, 5.41) is 16.0. The Labute approximate surface area is 169 Å².